The maximum Gasteiger partial charge on any atom is 0.483 e. The van der Waals surface area contributed by atoms with Crippen LogP contribution in [0.5, 0.6) is 0 Å². The predicted octanol–water partition coefficient (Wildman–Crippen LogP) is 0.474. The highest BCUT2D eigenvalue weighted by atomic mass is 31.2. The van der Waals surface area contributed by atoms with Crippen LogP contribution in [0.1, 0.15) is 10.4 Å². The summed E-state index contributed by atoms with van der Waals surface area (Å²) in [6.45, 7) is 0. The molecule has 0 spiro atoms. The van der Waals surface area contributed by atoms with Crippen LogP contribution in [0.4, 0.5) is 5.69 Å². The molecule has 0 unspecified atom stereocenters. The summed E-state index contributed by atoms with van der Waals surface area (Å²) in [4.78, 5) is 46.6. The number of carbonyl (C=O) groups is 1. The van der Waals surface area contributed by atoms with Crippen LogP contribution in [-0.4, -0.2) is 25.1 Å². The number of nitrogens with zero attached hydrogens (tertiary/aromatic N) is 1. The lowest BCUT2D eigenvalue weighted by Gasteiger charge is -2.00. The number of non-ortho nitro benzene ring substituents is 1. The van der Waals surface area contributed by atoms with E-state index in [1.165, 1.54) is 0 Å². The molecule has 0 aliphatic carbocycles. The number of hydrogen-bond donors (Lipinski definition) is 3. The number of nitro groups is 1. The molecule has 0 aliphatic rings. The Morgan fingerprint density at radius 3 is 2.00 bits per heavy atom. The van der Waals surface area contributed by atoms with Crippen molar-refractivity contribution >= 4 is 19.2 Å². The fourth-order valence-corrected chi connectivity index (χ4v) is 1.39. The van der Waals surface area contributed by atoms with E-state index in [1.54, 1.807) is 0 Å². The van der Waals surface area contributed by atoms with Crippen LogP contribution >= 0.6 is 7.94 Å². The minimum atomic E-state index is -4.58. The Bertz CT molecular complexity index is 395. The van der Waals surface area contributed by atoms with Crippen LogP contribution in [0.15, 0.2) is 24.3 Å². The molecule has 80 valence electrons. The van der Waals surface area contributed by atoms with Crippen molar-refractivity contribution in [3.63, 3.8) is 0 Å². The molecule has 0 bridgehead atoms. The lowest BCUT2D eigenvalue weighted by molar-refractivity contribution is -0.384. The first-order chi connectivity index (χ1) is 6.82. The van der Waals surface area contributed by atoms with E-state index in [0.717, 1.165) is 24.3 Å². The van der Waals surface area contributed by atoms with Gasteiger partial charge in [-0.15, -0.1) is 0 Å². The van der Waals surface area contributed by atoms with E-state index >= 15 is 0 Å². The van der Waals surface area contributed by atoms with Crippen molar-refractivity contribution in [2.75, 3.05) is 0 Å². The van der Waals surface area contributed by atoms with Gasteiger partial charge in [0.25, 0.3) is 5.69 Å². The Morgan fingerprint density at radius 2 is 1.67 bits per heavy atom. The molecule has 0 radical (unpaired) electrons. The van der Waals surface area contributed by atoms with Gasteiger partial charge in [0.05, 0.1) is 10.5 Å². The van der Waals surface area contributed by atoms with Gasteiger partial charge < -0.3 is 0 Å². The quantitative estimate of drug-likeness (QED) is 0.395. The molecule has 1 aromatic rings. The van der Waals surface area contributed by atoms with E-state index in [-0.39, 0.29) is 11.3 Å². The molecule has 0 aliphatic heterocycles. The first kappa shape index (κ1) is 11.7. The van der Waals surface area contributed by atoms with Gasteiger partial charge in [-0.05, 0) is 12.1 Å². The van der Waals surface area contributed by atoms with Gasteiger partial charge in [-0.1, -0.05) is 0 Å². The van der Waals surface area contributed by atoms with Crippen LogP contribution < -0.4 is 0 Å². The number of rotatable bonds is 3. The van der Waals surface area contributed by atoms with Gasteiger partial charge in [-0.2, -0.15) is 14.7 Å². The second-order valence-electron chi connectivity index (χ2n) is 2.68. The van der Waals surface area contributed by atoms with Gasteiger partial charge in [0.1, 0.15) is 0 Å². The van der Waals surface area contributed by atoms with Crippen molar-refractivity contribution in [2.24, 2.45) is 0 Å². The third kappa shape index (κ3) is 2.77. The van der Waals surface area contributed by atoms with Crippen LogP contribution in [-0.2, 0) is 0 Å². The molecule has 0 atom stereocenters. The number of hydrogen-bond acceptors (Lipinski definition) is 6. The average Bonchev–Trinajstić information content (AvgIpc) is 2.15. The number of benzene rings is 1. The van der Waals surface area contributed by atoms with Crippen LogP contribution in [0.25, 0.3) is 0 Å². The van der Waals surface area contributed by atoms with E-state index in [0.29, 0.717) is 0 Å². The molecule has 3 N–H and O–H groups in total. The van der Waals surface area contributed by atoms with Crippen molar-refractivity contribution in [1.29, 1.82) is 0 Å². The molecular weight excluding hydrogens is 225 g/mol. The highest BCUT2D eigenvalue weighted by Crippen LogP contribution is 2.47. The average molecular weight is 232 g/mol. The van der Waals surface area contributed by atoms with Gasteiger partial charge in [0.2, 0.25) is 0 Å². The van der Waals surface area contributed by atoms with E-state index in [9.17, 15) is 14.9 Å². The summed E-state index contributed by atoms with van der Waals surface area (Å²) < 4.78 is 0. The summed E-state index contributed by atoms with van der Waals surface area (Å²) in [5.41, 5.74) is -1.66. The normalized spacial score (nSPS) is 11.1. The predicted molar refractivity (Wildman–Crippen MR) is 51.0 cm³/mol. The Hall–Kier alpha value is -1.40. The minimum Gasteiger partial charge on any atom is -0.258 e. The zero-order valence-corrected chi connectivity index (χ0v) is 8.16. The standard InChI is InChI=1S/C7H7NO6P/c9-7(15(12,13)14)5-1-3-6(4-2-5)8(10)11/h1-4,12-14H/q+1. The van der Waals surface area contributed by atoms with E-state index < -0.39 is 18.4 Å². The maximum absolute atomic E-state index is 11.1. The summed E-state index contributed by atoms with van der Waals surface area (Å²) in [6, 6.07) is 4.14. The minimum absolute atomic E-state index is 0.193. The van der Waals surface area contributed by atoms with E-state index in [1.807, 2.05) is 0 Å². The second-order valence-corrected chi connectivity index (χ2v) is 4.22. The molecule has 0 fully saturated rings. The summed E-state index contributed by atoms with van der Waals surface area (Å²) in [6.07, 6.45) is 0. The van der Waals surface area contributed by atoms with Gasteiger partial charge in [-0.3, -0.25) is 10.1 Å². The van der Waals surface area contributed by atoms with E-state index in [4.69, 9.17) is 14.7 Å². The highest BCUT2D eigenvalue weighted by molar-refractivity contribution is 7.76. The number of nitro benzene ring substituents is 1. The monoisotopic (exact) mass is 232 g/mol. The van der Waals surface area contributed by atoms with Crippen molar-refractivity contribution in [2.45, 2.75) is 0 Å². The third-order valence-electron chi connectivity index (χ3n) is 1.60. The lowest BCUT2D eigenvalue weighted by Crippen LogP contribution is -2.05. The van der Waals surface area contributed by atoms with Crippen LogP contribution in [0.2, 0.25) is 0 Å². The molecule has 15 heavy (non-hydrogen) atoms. The van der Waals surface area contributed by atoms with E-state index in [2.05, 4.69) is 0 Å². The van der Waals surface area contributed by atoms with Gasteiger partial charge in [-0.25, -0.2) is 4.79 Å². The zero-order valence-electron chi connectivity index (χ0n) is 7.27. The Morgan fingerprint density at radius 1 is 1.20 bits per heavy atom. The Kier molecular flexibility index (Phi) is 3.11. The Labute approximate surface area is 84.3 Å². The van der Waals surface area contributed by atoms with Crippen molar-refractivity contribution in [1.82, 2.24) is 0 Å². The molecule has 0 saturated carbocycles. The Balaban J connectivity index is 3.00. The zero-order chi connectivity index (χ0) is 11.6. The van der Waals surface area contributed by atoms with Crippen LogP contribution in [0.3, 0.4) is 0 Å². The first-order valence-electron chi connectivity index (χ1n) is 3.69. The molecule has 0 saturated heterocycles. The lowest BCUT2D eigenvalue weighted by atomic mass is 10.2. The fourth-order valence-electron chi connectivity index (χ4n) is 0.899. The second kappa shape index (κ2) is 4.00. The smallest absolute Gasteiger partial charge is 0.258 e. The molecular formula is C7H7NO6P+. The summed E-state index contributed by atoms with van der Waals surface area (Å²) in [5, 5.41) is 10.3. The summed E-state index contributed by atoms with van der Waals surface area (Å²) in [5.74, 6) is 0. The SMILES string of the molecule is O=C(c1ccc([N+](=O)[O-])cc1)[P+](O)(O)O. The molecule has 0 amide bonds. The number of carbonyl (C=O) groups excluding carboxylic acids is 1. The topological polar surface area (TPSA) is 121 Å². The van der Waals surface area contributed by atoms with Crippen LogP contribution in [0, 0.1) is 10.1 Å². The largest absolute Gasteiger partial charge is 0.483 e. The molecule has 1 aromatic carbocycles. The molecule has 0 heterocycles. The van der Waals surface area contributed by atoms with Gasteiger partial charge in [0, 0.05) is 12.1 Å². The van der Waals surface area contributed by atoms with Gasteiger partial charge >= 0.3 is 13.5 Å². The highest BCUT2D eigenvalue weighted by Gasteiger charge is 2.43. The molecule has 8 heteroatoms. The molecule has 7 nitrogen and oxygen atoms in total. The van der Waals surface area contributed by atoms with Crippen molar-refractivity contribution < 1.29 is 24.4 Å². The van der Waals surface area contributed by atoms with Gasteiger partial charge in [0.15, 0.2) is 0 Å². The van der Waals surface area contributed by atoms with Crippen molar-refractivity contribution in [3.05, 3.63) is 39.9 Å². The first-order valence-corrected chi connectivity index (χ1v) is 5.34. The van der Waals surface area contributed by atoms with Crippen molar-refractivity contribution in [3.8, 4) is 0 Å². The summed E-state index contributed by atoms with van der Waals surface area (Å²) >= 11 is 0. The maximum atomic E-state index is 11.1. The third-order valence-corrected chi connectivity index (χ3v) is 2.40. The fraction of sp³-hybridized carbons (Fsp3) is 0. The molecule has 1 rings (SSSR count). The summed E-state index contributed by atoms with van der Waals surface area (Å²) in [7, 11) is -4.58. The molecule has 0 aromatic heterocycles.